The highest BCUT2D eigenvalue weighted by Crippen LogP contribution is 2.31. The first-order valence-corrected chi connectivity index (χ1v) is 6.58. The first-order chi connectivity index (χ1) is 10.1. The zero-order chi connectivity index (χ0) is 15.0. The predicted molar refractivity (Wildman–Crippen MR) is 79.8 cm³/mol. The topological polar surface area (TPSA) is 75.4 Å². The van der Waals surface area contributed by atoms with Gasteiger partial charge in [0, 0.05) is 17.1 Å². The Bertz CT molecular complexity index is 842. The molecule has 0 spiro atoms. The maximum Gasteiger partial charge on any atom is 0.292 e. The number of aromatic hydroxyl groups is 1. The van der Waals surface area contributed by atoms with Gasteiger partial charge in [-0.05, 0) is 25.1 Å². The van der Waals surface area contributed by atoms with E-state index < -0.39 is 5.91 Å². The highest BCUT2D eigenvalue weighted by molar-refractivity contribution is 6.35. The van der Waals surface area contributed by atoms with E-state index in [1.807, 2.05) is 6.07 Å². The van der Waals surface area contributed by atoms with E-state index in [0.29, 0.717) is 16.2 Å². The van der Waals surface area contributed by atoms with Crippen LogP contribution in [0, 0.1) is 6.92 Å². The molecular weight excluding hydrogens is 292 g/mol. The number of para-hydroxylation sites is 1. The van der Waals surface area contributed by atoms with Crippen LogP contribution in [0.2, 0.25) is 5.02 Å². The van der Waals surface area contributed by atoms with Gasteiger partial charge < -0.3 is 14.8 Å². The minimum atomic E-state index is -0.492. The van der Waals surface area contributed by atoms with E-state index in [2.05, 4.69) is 10.3 Å². The molecule has 0 aliphatic rings. The second kappa shape index (κ2) is 5.10. The number of carbonyl (C=O) groups is 1. The number of nitrogens with one attached hydrogen (secondary N) is 1. The number of halogens is 1. The number of pyridine rings is 1. The minimum Gasteiger partial charge on any atom is -0.504 e. The van der Waals surface area contributed by atoms with Gasteiger partial charge in [0.15, 0.2) is 22.9 Å². The van der Waals surface area contributed by atoms with E-state index in [1.165, 1.54) is 12.3 Å². The molecule has 0 unspecified atom stereocenters. The Balaban J connectivity index is 2.01. The normalized spacial score (nSPS) is 10.8. The van der Waals surface area contributed by atoms with Crippen LogP contribution in [0.25, 0.3) is 11.0 Å². The van der Waals surface area contributed by atoms with Gasteiger partial charge in [0.05, 0.1) is 5.02 Å². The molecule has 0 radical (unpaired) electrons. The average molecular weight is 303 g/mol. The summed E-state index contributed by atoms with van der Waals surface area (Å²) in [7, 11) is 0. The monoisotopic (exact) mass is 302 g/mol. The maximum atomic E-state index is 12.3. The number of aryl methyl sites for hydroxylation is 1. The van der Waals surface area contributed by atoms with Crippen molar-refractivity contribution < 1.29 is 14.3 Å². The number of hydrogen-bond donors (Lipinski definition) is 2. The Hall–Kier alpha value is -2.53. The van der Waals surface area contributed by atoms with Crippen LogP contribution in [0.4, 0.5) is 5.82 Å². The van der Waals surface area contributed by atoms with Gasteiger partial charge in [-0.1, -0.05) is 23.7 Å². The van der Waals surface area contributed by atoms with Gasteiger partial charge >= 0.3 is 0 Å². The quantitative estimate of drug-likeness (QED) is 0.756. The van der Waals surface area contributed by atoms with Crippen LogP contribution in [0.1, 0.15) is 16.1 Å². The van der Waals surface area contributed by atoms with Crippen molar-refractivity contribution in [1.82, 2.24) is 4.98 Å². The molecule has 106 valence electrons. The molecule has 3 rings (SSSR count). The summed E-state index contributed by atoms with van der Waals surface area (Å²) in [6.07, 6.45) is 1.47. The summed E-state index contributed by atoms with van der Waals surface area (Å²) < 4.78 is 5.55. The fraction of sp³-hybridized carbons (Fsp3) is 0.0667. The smallest absolute Gasteiger partial charge is 0.292 e. The largest absolute Gasteiger partial charge is 0.504 e. The molecule has 0 fully saturated rings. The van der Waals surface area contributed by atoms with E-state index in [9.17, 15) is 9.90 Å². The molecule has 21 heavy (non-hydrogen) atoms. The molecule has 0 saturated heterocycles. The number of anilines is 1. The SMILES string of the molecule is Cc1c(C(=O)Nc2ncccc2O)oc2c(Cl)cccc12. The second-order valence-corrected chi connectivity index (χ2v) is 4.91. The van der Waals surface area contributed by atoms with Gasteiger partial charge in [-0.15, -0.1) is 0 Å². The number of nitrogens with zero attached hydrogens (tertiary/aromatic N) is 1. The van der Waals surface area contributed by atoms with Gasteiger partial charge in [0.25, 0.3) is 5.91 Å². The molecule has 1 amide bonds. The van der Waals surface area contributed by atoms with Gasteiger partial charge in [0.2, 0.25) is 0 Å². The van der Waals surface area contributed by atoms with Crippen LogP contribution >= 0.6 is 11.6 Å². The molecule has 2 N–H and O–H groups in total. The predicted octanol–water partition coefficient (Wildman–Crippen LogP) is 3.75. The summed E-state index contributed by atoms with van der Waals surface area (Å²) in [6.45, 7) is 1.77. The fourth-order valence-corrected chi connectivity index (χ4v) is 2.30. The van der Waals surface area contributed by atoms with Crippen molar-refractivity contribution in [3.63, 3.8) is 0 Å². The van der Waals surface area contributed by atoms with Crippen LogP contribution in [0.15, 0.2) is 40.9 Å². The molecule has 0 saturated carbocycles. The van der Waals surface area contributed by atoms with Crippen molar-refractivity contribution in [2.45, 2.75) is 6.92 Å². The molecule has 6 heteroatoms. The summed E-state index contributed by atoms with van der Waals surface area (Å²) in [5.74, 6) is -0.386. The highest BCUT2D eigenvalue weighted by atomic mass is 35.5. The fourth-order valence-electron chi connectivity index (χ4n) is 2.08. The van der Waals surface area contributed by atoms with Crippen molar-refractivity contribution in [2.24, 2.45) is 0 Å². The van der Waals surface area contributed by atoms with Crippen molar-refractivity contribution in [2.75, 3.05) is 5.32 Å². The zero-order valence-corrected chi connectivity index (χ0v) is 11.8. The average Bonchev–Trinajstić information content (AvgIpc) is 2.81. The van der Waals surface area contributed by atoms with Crippen molar-refractivity contribution in [3.8, 4) is 5.75 Å². The molecule has 2 aromatic heterocycles. The summed E-state index contributed by atoms with van der Waals surface area (Å²) in [5, 5.41) is 13.4. The lowest BCUT2D eigenvalue weighted by molar-refractivity contribution is 0.0997. The van der Waals surface area contributed by atoms with E-state index in [0.717, 1.165) is 5.39 Å². The Kier molecular flexibility index (Phi) is 3.27. The number of aromatic nitrogens is 1. The molecule has 3 aromatic rings. The Morgan fingerprint density at radius 3 is 2.86 bits per heavy atom. The van der Waals surface area contributed by atoms with Crippen LogP contribution < -0.4 is 5.32 Å². The molecule has 2 heterocycles. The first-order valence-electron chi connectivity index (χ1n) is 6.21. The van der Waals surface area contributed by atoms with E-state index in [-0.39, 0.29) is 17.3 Å². The Labute approximate surface area is 125 Å². The summed E-state index contributed by atoms with van der Waals surface area (Å²) in [6, 6.07) is 8.32. The molecule has 1 aromatic carbocycles. The van der Waals surface area contributed by atoms with Gasteiger partial charge in [-0.25, -0.2) is 4.98 Å². The Morgan fingerprint density at radius 1 is 1.33 bits per heavy atom. The molecule has 0 atom stereocenters. The third kappa shape index (κ3) is 2.32. The third-order valence-electron chi connectivity index (χ3n) is 3.14. The van der Waals surface area contributed by atoms with Gasteiger partial charge in [-0.2, -0.15) is 0 Å². The standard InChI is InChI=1S/C15H11ClN2O3/c1-8-9-4-2-5-10(16)13(9)21-12(8)15(20)18-14-11(19)6-3-7-17-14/h2-7,19H,1H3,(H,17,18,20). The first kappa shape index (κ1) is 13.5. The van der Waals surface area contributed by atoms with Crippen molar-refractivity contribution in [1.29, 1.82) is 0 Å². The van der Waals surface area contributed by atoms with E-state index >= 15 is 0 Å². The van der Waals surface area contributed by atoms with Crippen LogP contribution in [0.3, 0.4) is 0 Å². The number of hydrogen-bond acceptors (Lipinski definition) is 4. The number of carbonyl (C=O) groups excluding carboxylic acids is 1. The van der Waals surface area contributed by atoms with Gasteiger partial charge in [0.1, 0.15) is 0 Å². The lowest BCUT2D eigenvalue weighted by atomic mass is 10.1. The number of furan rings is 1. The third-order valence-corrected chi connectivity index (χ3v) is 3.44. The summed E-state index contributed by atoms with van der Waals surface area (Å²) in [5.41, 5.74) is 1.15. The molecule has 5 nitrogen and oxygen atoms in total. The summed E-state index contributed by atoms with van der Waals surface area (Å²) in [4.78, 5) is 16.2. The van der Waals surface area contributed by atoms with Crippen molar-refractivity contribution >= 4 is 34.3 Å². The zero-order valence-electron chi connectivity index (χ0n) is 11.1. The van der Waals surface area contributed by atoms with Crippen LogP contribution in [-0.2, 0) is 0 Å². The maximum absolute atomic E-state index is 12.3. The lowest BCUT2D eigenvalue weighted by Crippen LogP contribution is -2.13. The molecule has 0 bridgehead atoms. The second-order valence-electron chi connectivity index (χ2n) is 4.50. The van der Waals surface area contributed by atoms with Gasteiger partial charge in [-0.3, -0.25) is 4.79 Å². The molecular formula is C15H11ClN2O3. The summed E-state index contributed by atoms with van der Waals surface area (Å²) >= 11 is 6.05. The minimum absolute atomic E-state index is 0.0773. The number of amides is 1. The van der Waals surface area contributed by atoms with E-state index in [1.54, 1.807) is 25.1 Å². The van der Waals surface area contributed by atoms with Crippen LogP contribution in [0.5, 0.6) is 5.75 Å². The molecule has 0 aliphatic heterocycles. The number of fused-ring (bicyclic) bond motifs is 1. The van der Waals surface area contributed by atoms with Crippen LogP contribution in [-0.4, -0.2) is 16.0 Å². The lowest BCUT2D eigenvalue weighted by Gasteiger charge is -2.04. The molecule has 0 aliphatic carbocycles. The number of rotatable bonds is 2. The number of benzene rings is 1. The van der Waals surface area contributed by atoms with Crippen molar-refractivity contribution in [3.05, 3.63) is 52.9 Å². The van der Waals surface area contributed by atoms with E-state index in [4.69, 9.17) is 16.0 Å². The Morgan fingerprint density at radius 2 is 2.14 bits per heavy atom. The highest BCUT2D eigenvalue weighted by Gasteiger charge is 2.20.